The van der Waals surface area contributed by atoms with Crippen LogP contribution in [0.2, 0.25) is 0 Å². The number of aromatic hydroxyl groups is 1. The molecule has 2 N–H and O–H groups in total. The van der Waals surface area contributed by atoms with Crippen LogP contribution in [0.4, 0.5) is 0 Å². The number of aryl methyl sites for hydroxylation is 1. The van der Waals surface area contributed by atoms with Gasteiger partial charge in [-0.1, -0.05) is 48.5 Å². The van der Waals surface area contributed by atoms with Crippen LogP contribution in [-0.2, 0) is 16.0 Å². The summed E-state index contributed by atoms with van der Waals surface area (Å²) in [5.41, 5.74) is 2.42. The molecule has 0 unspecified atom stereocenters. The van der Waals surface area contributed by atoms with E-state index in [9.17, 15) is 14.7 Å². The zero-order valence-electron chi connectivity index (χ0n) is 15.4. The number of benzene rings is 3. The minimum Gasteiger partial charge on any atom is -0.507 e. The van der Waals surface area contributed by atoms with Gasteiger partial charge in [-0.05, 0) is 53.3 Å². The second-order valence-electron chi connectivity index (χ2n) is 7.00. The molecule has 0 saturated carbocycles. The van der Waals surface area contributed by atoms with E-state index < -0.39 is 5.97 Å². The molecule has 1 aliphatic carbocycles. The van der Waals surface area contributed by atoms with Gasteiger partial charge in [0.2, 0.25) is 0 Å². The van der Waals surface area contributed by atoms with Crippen LogP contribution in [-0.4, -0.2) is 23.6 Å². The lowest BCUT2D eigenvalue weighted by atomic mass is 9.88. The fraction of sp³-hybridized carbons (Fsp3) is 0.217. The van der Waals surface area contributed by atoms with E-state index in [4.69, 9.17) is 4.74 Å². The molecule has 0 saturated heterocycles. The van der Waals surface area contributed by atoms with Crippen molar-refractivity contribution < 1.29 is 19.4 Å². The molecule has 4 rings (SSSR count). The van der Waals surface area contributed by atoms with Crippen molar-refractivity contribution in [3.05, 3.63) is 77.4 Å². The molecule has 3 aromatic rings. The van der Waals surface area contributed by atoms with E-state index in [2.05, 4.69) is 11.4 Å². The fourth-order valence-electron chi connectivity index (χ4n) is 3.74. The number of amides is 1. The topological polar surface area (TPSA) is 75.6 Å². The molecule has 0 spiro atoms. The van der Waals surface area contributed by atoms with Gasteiger partial charge in [0, 0.05) is 0 Å². The lowest BCUT2D eigenvalue weighted by molar-refractivity contribution is -0.125. The van der Waals surface area contributed by atoms with Gasteiger partial charge in [-0.15, -0.1) is 0 Å². The summed E-state index contributed by atoms with van der Waals surface area (Å²) in [4.78, 5) is 24.6. The number of hydrogen-bond donors (Lipinski definition) is 2. The number of carbonyl (C=O) groups excluding carboxylic acids is 2. The van der Waals surface area contributed by atoms with Crippen LogP contribution >= 0.6 is 0 Å². The molecular weight excluding hydrogens is 354 g/mol. The molecule has 1 atom stereocenters. The van der Waals surface area contributed by atoms with Crippen molar-refractivity contribution in [1.82, 2.24) is 5.32 Å². The van der Waals surface area contributed by atoms with Crippen molar-refractivity contribution >= 4 is 22.6 Å². The zero-order valence-corrected chi connectivity index (χ0v) is 15.4. The Balaban J connectivity index is 1.40. The Morgan fingerprint density at radius 1 is 1.04 bits per heavy atom. The number of fused-ring (bicyclic) bond motifs is 2. The van der Waals surface area contributed by atoms with E-state index in [1.165, 1.54) is 11.6 Å². The van der Waals surface area contributed by atoms with E-state index in [0.29, 0.717) is 0 Å². The monoisotopic (exact) mass is 375 g/mol. The molecule has 28 heavy (non-hydrogen) atoms. The maximum absolute atomic E-state index is 12.3. The van der Waals surface area contributed by atoms with Crippen molar-refractivity contribution in [2.24, 2.45) is 0 Å². The minimum atomic E-state index is -0.720. The maximum Gasteiger partial charge on any atom is 0.342 e. The smallest absolute Gasteiger partial charge is 0.342 e. The largest absolute Gasteiger partial charge is 0.507 e. The Morgan fingerprint density at radius 3 is 2.57 bits per heavy atom. The van der Waals surface area contributed by atoms with E-state index in [1.807, 2.05) is 42.5 Å². The summed E-state index contributed by atoms with van der Waals surface area (Å²) in [5.74, 6) is -1.23. The SMILES string of the molecule is O=C(COC(=O)c1cc2ccccc2cc1O)N[C@H]1CCCc2ccccc21. The van der Waals surface area contributed by atoms with Crippen molar-refractivity contribution in [3.63, 3.8) is 0 Å². The normalized spacial score (nSPS) is 15.6. The van der Waals surface area contributed by atoms with E-state index in [-0.39, 0.29) is 29.9 Å². The molecule has 0 aromatic heterocycles. The molecule has 5 heteroatoms. The zero-order chi connectivity index (χ0) is 19.5. The van der Waals surface area contributed by atoms with Gasteiger partial charge >= 0.3 is 5.97 Å². The number of carbonyl (C=O) groups is 2. The second-order valence-corrected chi connectivity index (χ2v) is 7.00. The van der Waals surface area contributed by atoms with Gasteiger partial charge in [-0.3, -0.25) is 4.79 Å². The Hall–Kier alpha value is -3.34. The number of hydrogen-bond acceptors (Lipinski definition) is 4. The first-order chi connectivity index (χ1) is 13.6. The summed E-state index contributed by atoms with van der Waals surface area (Å²) in [6.45, 7) is -0.385. The van der Waals surface area contributed by atoms with Gasteiger partial charge < -0.3 is 15.2 Å². The standard InChI is InChI=1S/C23H21NO4/c25-21-13-17-8-2-1-7-16(17)12-19(21)23(27)28-14-22(26)24-20-11-5-9-15-6-3-4-10-18(15)20/h1-4,6-8,10,12-13,20,25H,5,9,11,14H2,(H,24,26)/t20-/m0/s1. The molecule has 0 aliphatic heterocycles. The average molecular weight is 375 g/mol. The third-order valence-corrected chi connectivity index (χ3v) is 5.12. The fourth-order valence-corrected chi connectivity index (χ4v) is 3.74. The predicted molar refractivity (Wildman–Crippen MR) is 106 cm³/mol. The number of phenolic OH excluding ortho intramolecular Hbond substituents is 1. The molecule has 1 amide bonds. The Kier molecular flexibility index (Phi) is 4.98. The van der Waals surface area contributed by atoms with Crippen LogP contribution < -0.4 is 5.32 Å². The van der Waals surface area contributed by atoms with E-state index >= 15 is 0 Å². The number of rotatable bonds is 4. The molecule has 0 radical (unpaired) electrons. The summed E-state index contributed by atoms with van der Waals surface area (Å²) < 4.78 is 5.14. The van der Waals surface area contributed by atoms with Crippen molar-refractivity contribution in [2.75, 3.05) is 6.61 Å². The van der Waals surface area contributed by atoms with Gasteiger partial charge in [0.05, 0.1) is 6.04 Å². The Bertz CT molecular complexity index is 1040. The lowest BCUT2D eigenvalue weighted by Gasteiger charge is -2.26. The van der Waals surface area contributed by atoms with E-state index in [0.717, 1.165) is 35.6 Å². The van der Waals surface area contributed by atoms with Crippen LogP contribution in [0.15, 0.2) is 60.7 Å². The van der Waals surface area contributed by atoms with Crippen LogP contribution in [0.5, 0.6) is 5.75 Å². The van der Waals surface area contributed by atoms with Crippen LogP contribution in [0.1, 0.15) is 40.4 Å². The van der Waals surface area contributed by atoms with Crippen molar-refractivity contribution in [3.8, 4) is 5.75 Å². The summed E-state index contributed by atoms with van der Waals surface area (Å²) >= 11 is 0. The Morgan fingerprint density at radius 2 is 1.75 bits per heavy atom. The number of nitrogens with one attached hydrogen (secondary N) is 1. The van der Waals surface area contributed by atoms with Gasteiger partial charge in [0.15, 0.2) is 6.61 Å². The summed E-state index contributed by atoms with van der Waals surface area (Å²) in [6.07, 6.45) is 2.88. The van der Waals surface area contributed by atoms with Gasteiger partial charge in [-0.2, -0.15) is 0 Å². The minimum absolute atomic E-state index is 0.0505. The number of phenols is 1. The first kappa shape index (κ1) is 18.0. The van der Waals surface area contributed by atoms with Crippen LogP contribution in [0.25, 0.3) is 10.8 Å². The molecule has 1 aliphatic rings. The first-order valence-corrected chi connectivity index (χ1v) is 9.38. The van der Waals surface area contributed by atoms with Gasteiger partial charge in [-0.25, -0.2) is 4.79 Å². The predicted octanol–water partition coefficient (Wildman–Crippen LogP) is 3.90. The third kappa shape index (κ3) is 3.69. The molecule has 0 bridgehead atoms. The first-order valence-electron chi connectivity index (χ1n) is 9.38. The molecular formula is C23H21NO4. The summed E-state index contributed by atoms with van der Waals surface area (Å²) in [7, 11) is 0. The molecule has 3 aromatic carbocycles. The molecule has 5 nitrogen and oxygen atoms in total. The lowest BCUT2D eigenvalue weighted by Crippen LogP contribution is -2.34. The highest BCUT2D eigenvalue weighted by Gasteiger charge is 2.22. The van der Waals surface area contributed by atoms with Crippen molar-refractivity contribution in [2.45, 2.75) is 25.3 Å². The third-order valence-electron chi connectivity index (χ3n) is 5.12. The maximum atomic E-state index is 12.3. The van der Waals surface area contributed by atoms with Crippen LogP contribution in [0.3, 0.4) is 0 Å². The molecule has 0 heterocycles. The Labute approximate surface area is 162 Å². The van der Waals surface area contributed by atoms with Crippen molar-refractivity contribution in [1.29, 1.82) is 0 Å². The van der Waals surface area contributed by atoms with Gasteiger partial charge in [0.25, 0.3) is 5.91 Å². The molecule has 0 fully saturated rings. The number of esters is 1. The highest BCUT2D eigenvalue weighted by molar-refractivity contribution is 5.99. The second kappa shape index (κ2) is 7.72. The van der Waals surface area contributed by atoms with Crippen LogP contribution in [0, 0.1) is 0 Å². The van der Waals surface area contributed by atoms with E-state index in [1.54, 1.807) is 6.07 Å². The highest BCUT2D eigenvalue weighted by Crippen LogP contribution is 2.29. The summed E-state index contributed by atoms with van der Waals surface area (Å²) in [6, 6.07) is 18.5. The molecule has 142 valence electrons. The quantitative estimate of drug-likeness (QED) is 0.678. The number of ether oxygens (including phenoxy) is 1. The average Bonchev–Trinajstić information content (AvgIpc) is 2.72. The van der Waals surface area contributed by atoms with Gasteiger partial charge in [0.1, 0.15) is 11.3 Å². The summed E-state index contributed by atoms with van der Waals surface area (Å²) in [5, 5.41) is 14.7. The highest BCUT2D eigenvalue weighted by atomic mass is 16.5.